The zero-order valence-electron chi connectivity index (χ0n) is 10.4. The van der Waals surface area contributed by atoms with Gasteiger partial charge in [-0.1, -0.05) is 38.6 Å². The van der Waals surface area contributed by atoms with Gasteiger partial charge in [0.2, 0.25) is 0 Å². The van der Waals surface area contributed by atoms with Crippen LogP contribution in [0.4, 0.5) is 5.69 Å². The van der Waals surface area contributed by atoms with Gasteiger partial charge in [0.25, 0.3) is 5.91 Å². The van der Waals surface area contributed by atoms with E-state index in [4.69, 9.17) is 0 Å². The fourth-order valence-electron chi connectivity index (χ4n) is 2.04. The summed E-state index contributed by atoms with van der Waals surface area (Å²) in [5, 5.41) is 1.88. The molecule has 0 atom stereocenters. The maximum Gasteiger partial charge on any atom is 0.267 e. The lowest BCUT2D eigenvalue weighted by atomic mass is 10.0. The fourth-order valence-corrected chi connectivity index (χ4v) is 2.04. The summed E-state index contributed by atoms with van der Waals surface area (Å²) in [5.41, 5.74) is 5.78. The molecule has 1 amide bonds. The van der Waals surface area contributed by atoms with Gasteiger partial charge >= 0.3 is 0 Å². The van der Waals surface area contributed by atoms with Crippen molar-refractivity contribution in [2.45, 2.75) is 20.3 Å². The van der Waals surface area contributed by atoms with E-state index >= 15 is 0 Å². The van der Waals surface area contributed by atoms with Gasteiger partial charge in [0.05, 0.1) is 12.2 Å². The summed E-state index contributed by atoms with van der Waals surface area (Å²) in [5.74, 6) is 0.516. The van der Waals surface area contributed by atoms with Crippen LogP contribution in [0.25, 0.3) is 0 Å². The molecule has 2 rings (SSSR count). The van der Waals surface area contributed by atoms with Crippen molar-refractivity contribution in [3.63, 3.8) is 0 Å². The SMILES string of the molecule is C=C1CN(c2ccccc2CC(C)C)NC1=O. The van der Waals surface area contributed by atoms with E-state index < -0.39 is 0 Å². The number of nitrogens with one attached hydrogen (secondary N) is 1. The van der Waals surface area contributed by atoms with Crippen molar-refractivity contribution in [1.29, 1.82) is 0 Å². The molecule has 0 aliphatic carbocycles. The second-order valence-corrected chi connectivity index (χ2v) is 4.86. The van der Waals surface area contributed by atoms with E-state index in [1.165, 1.54) is 5.56 Å². The van der Waals surface area contributed by atoms with Crippen LogP contribution in [0, 0.1) is 5.92 Å². The van der Waals surface area contributed by atoms with Gasteiger partial charge in [-0.15, -0.1) is 0 Å². The minimum atomic E-state index is -0.0793. The van der Waals surface area contributed by atoms with Crippen molar-refractivity contribution >= 4 is 11.6 Å². The van der Waals surface area contributed by atoms with Gasteiger partial charge in [-0.3, -0.25) is 15.2 Å². The first-order valence-electron chi connectivity index (χ1n) is 5.92. The summed E-state index contributed by atoms with van der Waals surface area (Å²) < 4.78 is 0. The Morgan fingerprint density at radius 1 is 1.41 bits per heavy atom. The molecule has 0 unspecified atom stereocenters. The quantitative estimate of drug-likeness (QED) is 0.808. The summed E-state index contributed by atoms with van der Waals surface area (Å²) in [6.45, 7) is 8.70. The van der Waals surface area contributed by atoms with Gasteiger partial charge in [-0.2, -0.15) is 0 Å². The minimum absolute atomic E-state index is 0.0793. The van der Waals surface area contributed by atoms with Crippen LogP contribution in [0.15, 0.2) is 36.4 Å². The number of anilines is 1. The molecular weight excluding hydrogens is 212 g/mol. The summed E-state index contributed by atoms with van der Waals surface area (Å²) in [6, 6.07) is 8.18. The van der Waals surface area contributed by atoms with Crippen molar-refractivity contribution in [3.05, 3.63) is 42.0 Å². The Hall–Kier alpha value is -1.77. The Bertz CT molecular complexity index is 435. The van der Waals surface area contributed by atoms with Gasteiger partial charge in [-0.05, 0) is 24.0 Å². The third-order valence-electron chi connectivity index (χ3n) is 2.82. The average molecular weight is 230 g/mol. The van der Waals surface area contributed by atoms with Gasteiger partial charge in [-0.25, -0.2) is 0 Å². The maximum absolute atomic E-state index is 11.4. The molecular formula is C14H18N2O. The third-order valence-corrected chi connectivity index (χ3v) is 2.82. The van der Waals surface area contributed by atoms with Gasteiger partial charge < -0.3 is 0 Å². The first-order chi connectivity index (χ1) is 8.08. The Morgan fingerprint density at radius 2 is 2.12 bits per heavy atom. The van der Waals surface area contributed by atoms with E-state index in [9.17, 15) is 4.79 Å². The number of carbonyl (C=O) groups excluding carboxylic acids is 1. The number of benzene rings is 1. The first kappa shape index (κ1) is 11.7. The van der Waals surface area contributed by atoms with Gasteiger partial charge in [0.1, 0.15) is 0 Å². The topological polar surface area (TPSA) is 32.3 Å². The number of amides is 1. The molecule has 3 nitrogen and oxygen atoms in total. The minimum Gasteiger partial charge on any atom is -0.280 e. The summed E-state index contributed by atoms with van der Waals surface area (Å²) in [4.78, 5) is 11.4. The fraction of sp³-hybridized carbons (Fsp3) is 0.357. The highest BCUT2D eigenvalue weighted by Crippen LogP contribution is 2.24. The summed E-state index contributed by atoms with van der Waals surface area (Å²) >= 11 is 0. The van der Waals surface area contributed by atoms with E-state index in [1.807, 2.05) is 23.2 Å². The molecule has 1 fully saturated rings. The number of rotatable bonds is 3. The second-order valence-electron chi connectivity index (χ2n) is 4.86. The Morgan fingerprint density at radius 3 is 2.71 bits per heavy atom. The first-order valence-corrected chi connectivity index (χ1v) is 5.92. The number of nitrogens with zero attached hydrogens (tertiary/aromatic N) is 1. The van der Waals surface area contributed by atoms with Crippen LogP contribution in [0.3, 0.4) is 0 Å². The van der Waals surface area contributed by atoms with Crippen LogP contribution in [-0.2, 0) is 11.2 Å². The highest BCUT2D eigenvalue weighted by Gasteiger charge is 2.24. The molecule has 0 radical (unpaired) electrons. The monoisotopic (exact) mass is 230 g/mol. The Kier molecular flexibility index (Phi) is 3.18. The molecule has 90 valence electrons. The molecule has 0 spiro atoms. The predicted octanol–water partition coefficient (Wildman–Crippen LogP) is 2.29. The molecule has 3 heteroatoms. The average Bonchev–Trinajstić information content (AvgIpc) is 2.59. The smallest absolute Gasteiger partial charge is 0.267 e. The zero-order chi connectivity index (χ0) is 12.4. The maximum atomic E-state index is 11.4. The van der Waals surface area contributed by atoms with E-state index in [0.717, 1.165) is 12.1 Å². The van der Waals surface area contributed by atoms with Crippen LogP contribution in [0.1, 0.15) is 19.4 Å². The Labute approximate surface area is 102 Å². The van der Waals surface area contributed by atoms with Crippen molar-refractivity contribution in [2.24, 2.45) is 5.92 Å². The molecule has 1 saturated heterocycles. The largest absolute Gasteiger partial charge is 0.280 e. The molecule has 0 bridgehead atoms. The van der Waals surface area contributed by atoms with Crippen molar-refractivity contribution in [3.8, 4) is 0 Å². The lowest BCUT2D eigenvalue weighted by molar-refractivity contribution is -0.116. The number of para-hydroxylation sites is 1. The molecule has 1 aliphatic heterocycles. The molecule has 17 heavy (non-hydrogen) atoms. The van der Waals surface area contributed by atoms with E-state index in [-0.39, 0.29) is 5.91 Å². The number of hydrogen-bond donors (Lipinski definition) is 1. The molecule has 1 heterocycles. The molecule has 1 aliphatic rings. The highest BCUT2D eigenvalue weighted by atomic mass is 16.2. The van der Waals surface area contributed by atoms with Crippen LogP contribution < -0.4 is 10.4 Å². The number of hydrazine groups is 1. The van der Waals surface area contributed by atoms with Crippen molar-refractivity contribution < 1.29 is 4.79 Å². The Balaban J connectivity index is 2.26. The summed E-state index contributed by atoms with van der Waals surface area (Å²) in [7, 11) is 0. The molecule has 1 aromatic rings. The van der Waals surface area contributed by atoms with Crippen molar-refractivity contribution in [1.82, 2.24) is 5.43 Å². The third kappa shape index (κ3) is 2.49. The van der Waals surface area contributed by atoms with Crippen LogP contribution in [-0.4, -0.2) is 12.5 Å². The van der Waals surface area contributed by atoms with E-state index in [0.29, 0.717) is 18.0 Å². The number of carbonyl (C=O) groups is 1. The number of hydrogen-bond acceptors (Lipinski definition) is 2. The van der Waals surface area contributed by atoms with E-state index in [2.05, 4.69) is 31.9 Å². The zero-order valence-corrected chi connectivity index (χ0v) is 10.4. The molecule has 1 aromatic carbocycles. The molecule has 1 N–H and O–H groups in total. The van der Waals surface area contributed by atoms with Crippen LogP contribution in [0.2, 0.25) is 0 Å². The van der Waals surface area contributed by atoms with Crippen molar-refractivity contribution in [2.75, 3.05) is 11.6 Å². The van der Waals surface area contributed by atoms with Gasteiger partial charge in [0.15, 0.2) is 0 Å². The second kappa shape index (κ2) is 4.62. The van der Waals surface area contributed by atoms with Crippen LogP contribution in [0.5, 0.6) is 0 Å². The standard InChI is InChI=1S/C14H18N2O/c1-10(2)8-12-6-4-5-7-13(12)16-9-11(3)14(17)15-16/h4-7,10H,3,8-9H2,1-2H3,(H,15,17). The lowest BCUT2D eigenvalue weighted by Crippen LogP contribution is -2.33. The molecule has 0 aromatic heterocycles. The highest BCUT2D eigenvalue weighted by molar-refractivity contribution is 5.97. The normalized spacial score (nSPS) is 15.6. The van der Waals surface area contributed by atoms with Crippen LogP contribution >= 0.6 is 0 Å². The molecule has 0 saturated carbocycles. The van der Waals surface area contributed by atoms with E-state index in [1.54, 1.807) is 0 Å². The van der Waals surface area contributed by atoms with Gasteiger partial charge in [0, 0.05) is 5.57 Å². The lowest BCUT2D eigenvalue weighted by Gasteiger charge is -2.21. The predicted molar refractivity (Wildman–Crippen MR) is 69.6 cm³/mol. The summed E-state index contributed by atoms with van der Waals surface area (Å²) in [6.07, 6.45) is 1.01.